The van der Waals surface area contributed by atoms with Crippen molar-refractivity contribution in [3.8, 4) is 0 Å². The maximum atomic E-state index is 11.2. The molecular formula is C15H19NO2S. The number of hydrogen-bond acceptors (Lipinski definition) is 3. The minimum atomic E-state index is -0.752. The largest absolute Gasteiger partial charge is 0.480 e. The lowest BCUT2D eigenvalue weighted by Gasteiger charge is -2.29. The van der Waals surface area contributed by atoms with E-state index in [0.29, 0.717) is 6.42 Å². The van der Waals surface area contributed by atoms with Crippen molar-refractivity contribution in [2.45, 2.75) is 32.4 Å². The minimum absolute atomic E-state index is 0.110. The summed E-state index contributed by atoms with van der Waals surface area (Å²) in [6.45, 7) is 3.98. The topological polar surface area (TPSA) is 40.5 Å². The van der Waals surface area contributed by atoms with Crippen LogP contribution in [0, 0.1) is 0 Å². The first-order chi connectivity index (χ1) is 9.04. The van der Waals surface area contributed by atoms with Crippen molar-refractivity contribution in [2.75, 3.05) is 7.05 Å². The maximum absolute atomic E-state index is 11.2. The molecule has 19 heavy (non-hydrogen) atoms. The van der Waals surface area contributed by atoms with Crippen molar-refractivity contribution >= 4 is 27.4 Å². The first-order valence-corrected chi connectivity index (χ1v) is 7.29. The Labute approximate surface area is 117 Å². The van der Waals surface area contributed by atoms with E-state index in [2.05, 4.69) is 25.1 Å². The molecule has 102 valence electrons. The Morgan fingerprint density at radius 1 is 1.42 bits per heavy atom. The summed E-state index contributed by atoms with van der Waals surface area (Å²) in [6, 6.07) is 10.1. The van der Waals surface area contributed by atoms with Gasteiger partial charge in [-0.25, -0.2) is 0 Å². The summed E-state index contributed by atoms with van der Waals surface area (Å²) < 4.78 is 1.25. The van der Waals surface area contributed by atoms with Gasteiger partial charge in [0.25, 0.3) is 0 Å². The fourth-order valence-corrected chi connectivity index (χ4v) is 3.48. The van der Waals surface area contributed by atoms with Gasteiger partial charge in [0.15, 0.2) is 0 Å². The fourth-order valence-electron chi connectivity index (χ4n) is 2.32. The molecule has 1 N–H and O–H groups in total. The van der Waals surface area contributed by atoms with Gasteiger partial charge >= 0.3 is 5.97 Å². The van der Waals surface area contributed by atoms with E-state index >= 15 is 0 Å². The Balaban J connectivity index is 2.27. The van der Waals surface area contributed by atoms with Crippen LogP contribution in [0.2, 0.25) is 0 Å². The minimum Gasteiger partial charge on any atom is -0.480 e. The van der Waals surface area contributed by atoms with Gasteiger partial charge in [-0.1, -0.05) is 25.1 Å². The first kappa shape index (κ1) is 14.0. The Hall–Kier alpha value is -1.39. The number of carboxylic acids is 1. The molecule has 0 bridgehead atoms. The Morgan fingerprint density at radius 3 is 2.68 bits per heavy atom. The third kappa shape index (κ3) is 2.80. The highest BCUT2D eigenvalue weighted by Gasteiger charge is 2.26. The number of thiophene rings is 1. The van der Waals surface area contributed by atoms with E-state index in [9.17, 15) is 9.90 Å². The number of aliphatic carboxylic acids is 1. The summed E-state index contributed by atoms with van der Waals surface area (Å²) in [5.74, 6) is -0.752. The van der Waals surface area contributed by atoms with E-state index in [0.717, 1.165) is 0 Å². The van der Waals surface area contributed by atoms with Gasteiger partial charge in [0.2, 0.25) is 0 Å². The van der Waals surface area contributed by atoms with Gasteiger partial charge in [-0.2, -0.15) is 0 Å². The SMILES string of the molecule is CCC(C(=O)O)N(C)C(C)c1cc2ccccc2s1. The highest BCUT2D eigenvalue weighted by Crippen LogP contribution is 2.33. The summed E-state index contributed by atoms with van der Waals surface area (Å²) in [5.41, 5.74) is 0. The van der Waals surface area contributed by atoms with Gasteiger partial charge in [-0.15, -0.1) is 11.3 Å². The van der Waals surface area contributed by atoms with Crippen LogP contribution in [0.5, 0.6) is 0 Å². The summed E-state index contributed by atoms with van der Waals surface area (Å²) >= 11 is 1.74. The molecule has 3 nitrogen and oxygen atoms in total. The monoisotopic (exact) mass is 277 g/mol. The smallest absolute Gasteiger partial charge is 0.320 e. The Kier molecular flexibility index (Phi) is 4.22. The van der Waals surface area contributed by atoms with Crippen molar-refractivity contribution < 1.29 is 9.90 Å². The van der Waals surface area contributed by atoms with E-state index in [-0.39, 0.29) is 6.04 Å². The number of rotatable bonds is 5. The van der Waals surface area contributed by atoms with Crippen LogP contribution in [0.1, 0.15) is 31.2 Å². The Bertz CT molecular complexity index is 545. The van der Waals surface area contributed by atoms with Crippen LogP contribution >= 0.6 is 11.3 Å². The van der Waals surface area contributed by atoms with E-state index in [1.165, 1.54) is 15.0 Å². The highest BCUT2D eigenvalue weighted by atomic mass is 32.1. The molecule has 4 heteroatoms. The van der Waals surface area contributed by atoms with Crippen LogP contribution in [0.3, 0.4) is 0 Å². The lowest BCUT2D eigenvalue weighted by atomic mass is 10.1. The molecule has 2 rings (SSSR count). The second-order valence-corrected chi connectivity index (χ2v) is 5.91. The first-order valence-electron chi connectivity index (χ1n) is 6.47. The zero-order valence-corrected chi connectivity index (χ0v) is 12.3. The highest BCUT2D eigenvalue weighted by molar-refractivity contribution is 7.19. The second kappa shape index (κ2) is 5.72. The quantitative estimate of drug-likeness (QED) is 0.904. The molecule has 0 aliphatic carbocycles. The van der Waals surface area contributed by atoms with Crippen LogP contribution in [-0.4, -0.2) is 29.1 Å². The number of fused-ring (bicyclic) bond motifs is 1. The van der Waals surface area contributed by atoms with Crippen LogP contribution in [0.15, 0.2) is 30.3 Å². The molecule has 0 aliphatic heterocycles. The normalized spacial score (nSPS) is 14.7. The van der Waals surface area contributed by atoms with Gasteiger partial charge in [0.1, 0.15) is 6.04 Å². The number of carboxylic acid groups (broad SMARTS) is 1. The molecule has 0 aliphatic rings. The average molecular weight is 277 g/mol. The summed E-state index contributed by atoms with van der Waals surface area (Å²) in [7, 11) is 1.89. The molecule has 0 fully saturated rings. The van der Waals surface area contributed by atoms with Gasteiger partial charge < -0.3 is 5.11 Å². The molecular weight excluding hydrogens is 258 g/mol. The maximum Gasteiger partial charge on any atom is 0.320 e. The van der Waals surface area contributed by atoms with E-state index in [4.69, 9.17) is 0 Å². The van der Waals surface area contributed by atoms with Crippen LogP contribution in [0.25, 0.3) is 10.1 Å². The van der Waals surface area contributed by atoms with E-state index in [1.54, 1.807) is 11.3 Å². The van der Waals surface area contributed by atoms with Crippen molar-refractivity contribution in [3.05, 3.63) is 35.2 Å². The zero-order valence-electron chi connectivity index (χ0n) is 11.5. The van der Waals surface area contributed by atoms with Crippen molar-refractivity contribution in [1.82, 2.24) is 4.90 Å². The van der Waals surface area contributed by atoms with E-state index < -0.39 is 12.0 Å². The Morgan fingerprint density at radius 2 is 2.11 bits per heavy atom. The lowest BCUT2D eigenvalue weighted by Crippen LogP contribution is -2.39. The number of hydrogen-bond donors (Lipinski definition) is 1. The van der Waals surface area contributed by atoms with E-state index in [1.807, 2.05) is 31.0 Å². The molecule has 1 heterocycles. The molecule has 2 aromatic rings. The zero-order chi connectivity index (χ0) is 14.0. The predicted molar refractivity (Wildman–Crippen MR) is 79.7 cm³/mol. The third-order valence-electron chi connectivity index (χ3n) is 3.63. The van der Waals surface area contributed by atoms with Crippen molar-refractivity contribution in [1.29, 1.82) is 0 Å². The van der Waals surface area contributed by atoms with Gasteiger partial charge in [0, 0.05) is 15.6 Å². The fraction of sp³-hybridized carbons (Fsp3) is 0.400. The summed E-state index contributed by atoms with van der Waals surface area (Å²) in [6.07, 6.45) is 0.612. The molecule has 0 saturated heterocycles. The molecule has 1 aromatic heterocycles. The molecule has 2 atom stereocenters. The molecule has 0 spiro atoms. The van der Waals surface area contributed by atoms with Gasteiger partial charge in [0.05, 0.1) is 0 Å². The van der Waals surface area contributed by atoms with Gasteiger partial charge in [-0.3, -0.25) is 9.69 Å². The van der Waals surface area contributed by atoms with Gasteiger partial charge in [-0.05, 0) is 37.9 Å². The van der Waals surface area contributed by atoms with Crippen LogP contribution in [0.4, 0.5) is 0 Å². The summed E-state index contributed by atoms with van der Waals surface area (Å²) in [5, 5.41) is 10.5. The second-order valence-electron chi connectivity index (χ2n) is 4.79. The van der Waals surface area contributed by atoms with Crippen LogP contribution in [-0.2, 0) is 4.79 Å². The van der Waals surface area contributed by atoms with Crippen molar-refractivity contribution in [2.24, 2.45) is 0 Å². The number of benzene rings is 1. The number of nitrogens with zero attached hydrogens (tertiary/aromatic N) is 1. The molecule has 0 amide bonds. The molecule has 1 aromatic carbocycles. The molecule has 2 unspecified atom stereocenters. The lowest BCUT2D eigenvalue weighted by molar-refractivity contribution is -0.143. The third-order valence-corrected chi connectivity index (χ3v) is 4.92. The summed E-state index contributed by atoms with van der Waals surface area (Å²) in [4.78, 5) is 14.4. The predicted octanol–water partition coefficient (Wildman–Crippen LogP) is 3.76. The molecule has 0 radical (unpaired) electrons. The standard InChI is InChI=1S/C15H19NO2S/c1-4-12(15(17)18)16(3)10(2)14-9-11-7-5-6-8-13(11)19-14/h5-10,12H,4H2,1-3H3,(H,17,18). The number of carbonyl (C=O) groups is 1. The van der Waals surface area contributed by atoms with Crippen molar-refractivity contribution in [3.63, 3.8) is 0 Å². The molecule has 0 saturated carbocycles. The number of likely N-dealkylation sites (N-methyl/N-ethyl adjacent to an activating group) is 1. The van der Waals surface area contributed by atoms with Crippen LogP contribution < -0.4 is 0 Å². The average Bonchev–Trinajstić information content (AvgIpc) is 2.81.